The maximum Gasteiger partial charge on any atom is 0.220 e. The van der Waals surface area contributed by atoms with Gasteiger partial charge in [0.05, 0.1) is 13.2 Å². The van der Waals surface area contributed by atoms with Gasteiger partial charge >= 0.3 is 0 Å². The van der Waals surface area contributed by atoms with Crippen molar-refractivity contribution in [1.82, 2.24) is 10.2 Å². The van der Waals surface area contributed by atoms with Gasteiger partial charge in [-0.15, -0.1) is 0 Å². The van der Waals surface area contributed by atoms with Crippen molar-refractivity contribution < 1.29 is 9.53 Å². The Kier molecular flexibility index (Phi) is 6.97. The summed E-state index contributed by atoms with van der Waals surface area (Å²) in [6.07, 6.45) is 7.17. The van der Waals surface area contributed by atoms with Crippen LogP contribution in [0, 0.1) is 11.8 Å². The minimum Gasteiger partial charge on any atom is -0.379 e. The van der Waals surface area contributed by atoms with E-state index in [9.17, 15) is 4.79 Å². The normalized spacial score (nSPS) is 23.2. The van der Waals surface area contributed by atoms with Gasteiger partial charge in [-0.05, 0) is 24.7 Å². The molecule has 1 aliphatic heterocycles. The summed E-state index contributed by atoms with van der Waals surface area (Å²) in [4.78, 5) is 14.6. The zero-order chi connectivity index (χ0) is 15.1. The van der Waals surface area contributed by atoms with E-state index < -0.39 is 0 Å². The van der Waals surface area contributed by atoms with Crippen LogP contribution in [0.25, 0.3) is 0 Å². The fourth-order valence-corrected chi connectivity index (χ4v) is 3.64. The first kappa shape index (κ1) is 16.8. The van der Waals surface area contributed by atoms with Gasteiger partial charge < -0.3 is 10.1 Å². The fraction of sp³-hybridized carbons (Fsp3) is 0.941. The van der Waals surface area contributed by atoms with Crippen LogP contribution in [-0.2, 0) is 9.53 Å². The van der Waals surface area contributed by atoms with Crippen molar-refractivity contribution in [2.24, 2.45) is 11.8 Å². The van der Waals surface area contributed by atoms with Gasteiger partial charge in [-0.3, -0.25) is 9.69 Å². The molecule has 1 unspecified atom stereocenters. The maximum absolute atomic E-state index is 12.2. The van der Waals surface area contributed by atoms with Crippen LogP contribution in [-0.4, -0.2) is 49.7 Å². The Bertz CT molecular complexity index is 308. The Balaban J connectivity index is 1.73. The van der Waals surface area contributed by atoms with Crippen LogP contribution in [0.4, 0.5) is 0 Å². The van der Waals surface area contributed by atoms with Crippen LogP contribution in [0.3, 0.4) is 0 Å². The number of carbonyl (C=O) groups excluding carboxylic acids is 1. The van der Waals surface area contributed by atoms with Gasteiger partial charge in [0.2, 0.25) is 5.91 Å². The summed E-state index contributed by atoms with van der Waals surface area (Å²) in [6, 6.07) is 0.434. The van der Waals surface area contributed by atoms with Crippen molar-refractivity contribution in [2.45, 2.75) is 58.4 Å². The third-order valence-electron chi connectivity index (χ3n) is 4.99. The summed E-state index contributed by atoms with van der Waals surface area (Å²) in [7, 11) is 0. The molecule has 122 valence electrons. The fourth-order valence-electron chi connectivity index (χ4n) is 3.64. The van der Waals surface area contributed by atoms with E-state index in [1.54, 1.807) is 0 Å². The van der Waals surface area contributed by atoms with Crippen LogP contribution in [0.15, 0.2) is 0 Å². The Morgan fingerprint density at radius 3 is 2.48 bits per heavy atom. The number of nitrogens with one attached hydrogen (secondary N) is 1. The Morgan fingerprint density at radius 2 is 1.86 bits per heavy atom. The quantitative estimate of drug-likeness (QED) is 0.818. The highest BCUT2D eigenvalue weighted by Crippen LogP contribution is 2.26. The van der Waals surface area contributed by atoms with Crippen molar-refractivity contribution in [3.8, 4) is 0 Å². The first-order valence-electron chi connectivity index (χ1n) is 8.75. The van der Waals surface area contributed by atoms with E-state index in [0.29, 0.717) is 17.9 Å². The summed E-state index contributed by atoms with van der Waals surface area (Å²) >= 11 is 0. The molecular formula is C17H32N2O2. The number of ether oxygens (including phenoxy) is 1. The minimum atomic E-state index is 0.251. The van der Waals surface area contributed by atoms with Crippen LogP contribution in [0.1, 0.15) is 52.4 Å². The molecule has 1 amide bonds. The van der Waals surface area contributed by atoms with Crippen molar-refractivity contribution >= 4 is 5.91 Å². The smallest absolute Gasteiger partial charge is 0.220 e. The summed E-state index contributed by atoms with van der Waals surface area (Å²) in [6.45, 7) is 8.88. The molecule has 1 N–H and O–H groups in total. The first-order valence-corrected chi connectivity index (χ1v) is 8.75. The molecule has 0 spiro atoms. The molecule has 2 fully saturated rings. The Labute approximate surface area is 129 Å². The van der Waals surface area contributed by atoms with E-state index in [2.05, 4.69) is 24.1 Å². The molecule has 1 heterocycles. The van der Waals surface area contributed by atoms with E-state index in [-0.39, 0.29) is 5.91 Å². The lowest BCUT2D eigenvalue weighted by molar-refractivity contribution is -0.122. The number of nitrogens with zero attached hydrogens (tertiary/aromatic N) is 1. The second-order valence-corrected chi connectivity index (χ2v) is 6.97. The van der Waals surface area contributed by atoms with Crippen molar-refractivity contribution in [1.29, 1.82) is 0 Å². The predicted octanol–water partition coefficient (Wildman–Crippen LogP) is 2.43. The van der Waals surface area contributed by atoms with E-state index in [1.807, 2.05) is 0 Å². The predicted molar refractivity (Wildman–Crippen MR) is 85.2 cm³/mol. The summed E-state index contributed by atoms with van der Waals surface area (Å²) in [5, 5.41) is 3.19. The second-order valence-electron chi connectivity index (χ2n) is 6.97. The van der Waals surface area contributed by atoms with Gasteiger partial charge in [0.25, 0.3) is 0 Å². The highest BCUT2D eigenvalue weighted by atomic mass is 16.5. The molecule has 1 saturated carbocycles. The zero-order valence-corrected chi connectivity index (χ0v) is 13.8. The third kappa shape index (κ3) is 5.59. The van der Waals surface area contributed by atoms with Gasteiger partial charge in [-0.25, -0.2) is 0 Å². The summed E-state index contributed by atoms with van der Waals surface area (Å²) in [5.41, 5.74) is 0. The number of hydrogen-bond acceptors (Lipinski definition) is 3. The lowest BCUT2D eigenvalue weighted by Crippen LogP contribution is -2.51. The maximum atomic E-state index is 12.2. The number of morpholine rings is 1. The van der Waals surface area contributed by atoms with Gasteiger partial charge in [0.15, 0.2) is 0 Å². The van der Waals surface area contributed by atoms with Gasteiger partial charge in [-0.1, -0.05) is 33.1 Å². The molecule has 1 saturated heterocycles. The number of amides is 1. The molecule has 1 aliphatic carbocycles. The molecule has 2 aliphatic rings. The van der Waals surface area contributed by atoms with E-state index >= 15 is 0 Å². The summed E-state index contributed by atoms with van der Waals surface area (Å²) in [5.74, 6) is 1.43. The first-order chi connectivity index (χ1) is 10.2. The number of carbonyl (C=O) groups is 1. The summed E-state index contributed by atoms with van der Waals surface area (Å²) < 4.78 is 5.43. The molecular weight excluding hydrogens is 264 g/mol. The molecule has 0 aromatic heterocycles. The number of hydrogen-bond donors (Lipinski definition) is 1. The molecule has 1 atom stereocenters. The van der Waals surface area contributed by atoms with Gasteiger partial charge in [0, 0.05) is 32.1 Å². The largest absolute Gasteiger partial charge is 0.379 e. The molecule has 4 heteroatoms. The lowest BCUT2D eigenvalue weighted by atomic mass is 9.87. The van der Waals surface area contributed by atoms with Gasteiger partial charge in [-0.2, -0.15) is 0 Å². The average molecular weight is 296 g/mol. The SMILES string of the molecule is CC(C)C(CNC(=O)CC1CCCCC1)N1CCOCC1. The van der Waals surface area contributed by atoms with Crippen LogP contribution < -0.4 is 5.32 Å². The minimum absolute atomic E-state index is 0.251. The molecule has 4 nitrogen and oxygen atoms in total. The lowest BCUT2D eigenvalue weighted by Gasteiger charge is -2.37. The van der Waals surface area contributed by atoms with E-state index in [1.165, 1.54) is 32.1 Å². The highest BCUT2D eigenvalue weighted by Gasteiger charge is 2.24. The zero-order valence-electron chi connectivity index (χ0n) is 13.8. The molecule has 21 heavy (non-hydrogen) atoms. The molecule has 0 radical (unpaired) electrons. The standard InChI is InChI=1S/C17H32N2O2/c1-14(2)16(19-8-10-21-11-9-19)13-18-17(20)12-15-6-4-3-5-7-15/h14-16H,3-13H2,1-2H3,(H,18,20). The monoisotopic (exact) mass is 296 g/mol. The molecule has 2 rings (SSSR count). The third-order valence-corrected chi connectivity index (χ3v) is 4.99. The van der Waals surface area contributed by atoms with Crippen LogP contribution in [0.2, 0.25) is 0 Å². The van der Waals surface area contributed by atoms with E-state index in [4.69, 9.17) is 4.74 Å². The van der Waals surface area contributed by atoms with Crippen molar-refractivity contribution in [3.63, 3.8) is 0 Å². The van der Waals surface area contributed by atoms with Crippen molar-refractivity contribution in [3.05, 3.63) is 0 Å². The number of rotatable bonds is 6. The Morgan fingerprint density at radius 1 is 1.19 bits per heavy atom. The Hall–Kier alpha value is -0.610. The highest BCUT2D eigenvalue weighted by molar-refractivity contribution is 5.76. The van der Waals surface area contributed by atoms with Gasteiger partial charge in [0.1, 0.15) is 0 Å². The molecule has 0 aromatic carbocycles. The van der Waals surface area contributed by atoms with Crippen LogP contribution in [0.5, 0.6) is 0 Å². The van der Waals surface area contributed by atoms with Crippen molar-refractivity contribution in [2.75, 3.05) is 32.8 Å². The average Bonchev–Trinajstić information content (AvgIpc) is 2.49. The molecule has 0 bridgehead atoms. The van der Waals surface area contributed by atoms with E-state index in [0.717, 1.165) is 39.3 Å². The second kappa shape index (κ2) is 8.74. The van der Waals surface area contributed by atoms with Crippen LogP contribution >= 0.6 is 0 Å². The molecule has 0 aromatic rings. The topological polar surface area (TPSA) is 41.6 Å².